The lowest BCUT2D eigenvalue weighted by molar-refractivity contribution is -0.156. The van der Waals surface area contributed by atoms with Crippen molar-refractivity contribution in [2.75, 3.05) is 26.9 Å². The minimum absolute atomic E-state index is 0.0711. The molecule has 2 saturated carbocycles. The molecule has 3 aromatic rings. The first-order chi connectivity index (χ1) is 31.5. The number of fused-ring (bicyclic) bond motifs is 4. The molecule has 8 rings (SSSR count). The molecule has 362 valence electrons. The van der Waals surface area contributed by atoms with Crippen LogP contribution in [0.4, 0.5) is 13.6 Å². The first kappa shape index (κ1) is 47.8. The van der Waals surface area contributed by atoms with Crippen molar-refractivity contribution in [3.63, 3.8) is 0 Å². The maximum atomic E-state index is 15.6. The van der Waals surface area contributed by atoms with Crippen molar-refractivity contribution < 1.29 is 60.4 Å². The fraction of sp³-hybridized carbons (Fsp3) is 0.562. The molecule has 0 spiro atoms. The zero-order valence-electron chi connectivity index (χ0n) is 38.8. The zero-order valence-corrected chi connectivity index (χ0v) is 39.6. The highest BCUT2D eigenvalue weighted by atomic mass is 32.2. The maximum Gasteiger partial charge on any atom is 0.408 e. The van der Waals surface area contributed by atoms with E-state index in [0.717, 1.165) is 18.7 Å². The summed E-state index contributed by atoms with van der Waals surface area (Å²) in [6.07, 6.45) is 2.84. The second-order valence-electron chi connectivity index (χ2n) is 19.8. The van der Waals surface area contributed by atoms with Crippen LogP contribution in [0, 0.1) is 17.8 Å². The number of halogens is 2. The Labute approximate surface area is 388 Å². The molecule has 2 aromatic carbocycles. The first-order valence-corrected chi connectivity index (χ1v) is 24.3. The first-order valence-electron chi connectivity index (χ1n) is 22.8. The molecular formula is C48H59F2N5O11S. The smallest absolute Gasteiger partial charge is 0.408 e. The summed E-state index contributed by atoms with van der Waals surface area (Å²) in [7, 11) is -2.59. The summed E-state index contributed by atoms with van der Waals surface area (Å²) in [4.78, 5) is 64.4. The molecular weight excluding hydrogens is 893 g/mol. The highest BCUT2D eigenvalue weighted by Crippen LogP contribution is 2.48. The predicted octanol–water partition coefficient (Wildman–Crippen LogP) is 6.70. The van der Waals surface area contributed by atoms with Crippen molar-refractivity contribution in [1.29, 1.82) is 0 Å². The van der Waals surface area contributed by atoms with Gasteiger partial charge in [0.2, 0.25) is 27.7 Å². The number of benzene rings is 2. The number of amides is 4. The van der Waals surface area contributed by atoms with Gasteiger partial charge in [0, 0.05) is 30.2 Å². The molecule has 2 aliphatic carbocycles. The van der Waals surface area contributed by atoms with Crippen molar-refractivity contribution in [1.82, 2.24) is 24.8 Å². The molecule has 0 bridgehead atoms. The number of carbonyl (C=O) groups excluding carboxylic acids is 3. The van der Waals surface area contributed by atoms with E-state index in [4.69, 9.17) is 23.9 Å². The number of aromatic nitrogens is 1. The van der Waals surface area contributed by atoms with Gasteiger partial charge in [0.05, 0.1) is 24.1 Å². The molecule has 5 aliphatic rings. The third-order valence-electron chi connectivity index (χ3n) is 14.5. The van der Waals surface area contributed by atoms with Crippen LogP contribution in [0.2, 0.25) is 0 Å². The number of alkyl halides is 2. The summed E-state index contributed by atoms with van der Waals surface area (Å²) >= 11 is 0. The van der Waals surface area contributed by atoms with Crippen LogP contribution in [0.25, 0.3) is 22.0 Å². The number of pyridine rings is 1. The van der Waals surface area contributed by atoms with E-state index >= 15 is 13.6 Å². The fourth-order valence-corrected chi connectivity index (χ4v) is 10.9. The van der Waals surface area contributed by atoms with Gasteiger partial charge >= 0.3 is 6.09 Å². The molecule has 16 nitrogen and oxygen atoms in total. The van der Waals surface area contributed by atoms with Crippen LogP contribution in [0.3, 0.4) is 0 Å². The van der Waals surface area contributed by atoms with Gasteiger partial charge < -0.3 is 34.3 Å². The molecule has 4 heterocycles. The second-order valence-corrected chi connectivity index (χ2v) is 22.0. The number of carboxylic acid groups (broad SMARTS) is 1. The number of nitrogens with one attached hydrogen (secondary N) is 2. The van der Waals surface area contributed by atoms with Crippen molar-refractivity contribution in [3.8, 4) is 34.4 Å². The monoisotopic (exact) mass is 951 g/mol. The lowest BCUT2D eigenvalue weighted by Crippen LogP contribution is -2.66. The van der Waals surface area contributed by atoms with E-state index in [2.05, 4.69) is 10.0 Å². The second kappa shape index (κ2) is 17.4. The van der Waals surface area contributed by atoms with E-state index in [1.165, 1.54) is 14.0 Å². The number of rotatable bonds is 10. The van der Waals surface area contributed by atoms with Crippen molar-refractivity contribution >= 4 is 44.6 Å². The van der Waals surface area contributed by atoms with Gasteiger partial charge in [-0.1, -0.05) is 26.0 Å². The van der Waals surface area contributed by atoms with Crippen molar-refractivity contribution in [2.45, 2.75) is 126 Å². The van der Waals surface area contributed by atoms with E-state index in [-0.39, 0.29) is 37.6 Å². The SMILES string of the molecule is COc1ccc2c(O[C@@H]3C[C@H]4C(=O)N[C@]5(C(=O)NS(=O)(=O)C6(C)CC6)C[C@H]5/C=C\CC[C@@H](C)C[C@@H](C)[C@H](N(C(=O)O)C(C)(C)C(C)(F)F)C(=O)N4C3)nc(-c3ccc4c(c3)OCCO4)cc2c1. The topological polar surface area (TPSA) is 203 Å². The van der Waals surface area contributed by atoms with E-state index in [1.807, 2.05) is 25.1 Å². The summed E-state index contributed by atoms with van der Waals surface area (Å²) < 4.78 is 82.8. The molecule has 3 aliphatic heterocycles. The zero-order chi connectivity index (χ0) is 48.4. The molecule has 3 N–H and O–H groups in total. The van der Waals surface area contributed by atoms with Crippen LogP contribution in [0.1, 0.15) is 86.5 Å². The summed E-state index contributed by atoms with van der Waals surface area (Å²) in [6, 6.07) is 9.39. The van der Waals surface area contributed by atoms with E-state index in [0.29, 0.717) is 90.0 Å². The Morgan fingerprint density at radius 3 is 2.42 bits per heavy atom. The molecule has 4 amide bonds. The Balaban J connectivity index is 1.21. The van der Waals surface area contributed by atoms with Gasteiger partial charge in [-0.2, -0.15) is 0 Å². The Bertz CT molecular complexity index is 2620. The van der Waals surface area contributed by atoms with Gasteiger partial charge in [0.25, 0.3) is 11.8 Å². The summed E-state index contributed by atoms with van der Waals surface area (Å²) in [5, 5.41) is 14.8. The number of hydrogen-bond donors (Lipinski definition) is 3. The summed E-state index contributed by atoms with van der Waals surface area (Å²) in [5.41, 5.74) is -2.96. The van der Waals surface area contributed by atoms with Gasteiger partial charge in [-0.15, -0.1) is 0 Å². The molecule has 19 heteroatoms. The van der Waals surface area contributed by atoms with Gasteiger partial charge in [0.1, 0.15) is 48.2 Å². The molecule has 67 heavy (non-hydrogen) atoms. The minimum atomic E-state index is -4.12. The number of methoxy groups -OCH3 is 1. The predicted molar refractivity (Wildman–Crippen MR) is 243 cm³/mol. The van der Waals surface area contributed by atoms with Crippen LogP contribution in [-0.2, 0) is 24.4 Å². The van der Waals surface area contributed by atoms with Crippen LogP contribution in [0.5, 0.6) is 23.1 Å². The molecule has 0 radical (unpaired) electrons. The van der Waals surface area contributed by atoms with Gasteiger partial charge in [-0.05, 0) is 119 Å². The molecule has 0 unspecified atom stereocenters. The van der Waals surface area contributed by atoms with E-state index in [1.54, 1.807) is 43.3 Å². The number of sulfonamides is 1. The lowest BCUT2D eigenvalue weighted by atomic mass is 9.84. The number of hydrogen-bond acceptors (Lipinski definition) is 11. The highest BCUT2D eigenvalue weighted by Gasteiger charge is 2.63. The standard InChI is InChI=1S/C48H59F2N5O11S/c1-27-10-8-9-11-31-25-48(31,43(58)53-67(61,62)46(5)16-17-46)52-40(56)36-24-33(26-54(36)42(57)39(28(2)20-27)55(44(59)60)45(3,4)47(6,49)50)66-41-34-14-13-32(63-7)21-30(34)22-35(51-41)29-12-15-37-38(23-29)65-19-18-64-37/h9,11-15,21-23,27-28,31,33,36,39H,8,10,16-20,24-26H2,1-7H3,(H,52,56)(H,53,58)(H,59,60)/b11-9-/t27-,28-,31-,33-,36+,39+,48-/m1/s1. The summed E-state index contributed by atoms with van der Waals surface area (Å²) in [6.45, 7) is 8.30. The largest absolute Gasteiger partial charge is 0.497 e. The number of carbonyl (C=O) groups is 4. The Morgan fingerprint density at radius 1 is 1.03 bits per heavy atom. The molecule has 1 aromatic heterocycles. The van der Waals surface area contributed by atoms with Crippen LogP contribution in [0.15, 0.2) is 54.6 Å². The Morgan fingerprint density at radius 2 is 1.75 bits per heavy atom. The van der Waals surface area contributed by atoms with Crippen molar-refractivity contribution in [2.24, 2.45) is 17.8 Å². The Hall–Kier alpha value is -5.72. The lowest BCUT2D eigenvalue weighted by Gasteiger charge is -2.47. The normalized spacial score (nSPS) is 27.9. The molecule has 3 fully saturated rings. The third-order valence-corrected chi connectivity index (χ3v) is 16.6. The quantitative estimate of drug-likeness (QED) is 0.182. The average molecular weight is 952 g/mol. The van der Waals surface area contributed by atoms with Gasteiger partial charge in [-0.25, -0.2) is 27.0 Å². The van der Waals surface area contributed by atoms with Crippen molar-refractivity contribution in [3.05, 3.63) is 54.6 Å². The molecule has 1 saturated heterocycles. The van der Waals surface area contributed by atoms with E-state index < -0.39 is 85.6 Å². The fourth-order valence-electron chi connectivity index (χ4n) is 9.59. The minimum Gasteiger partial charge on any atom is -0.497 e. The third kappa shape index (κ3) is 9.07. The number of ether oxygens (including phenoxy) is 4. The number of allylic oxidation sites excluding steroid dienone is 1. The molecule has 7 atom stereocenters. The van der Waals surface area contributed by atoms with Gasteiger partial charge in [-0.3, -0.25) is 24.0 Å². The Kier molecular flexibility index (Phi) is 12.4. The average Bonchev–Trinajstić information content (AvgIpc) is 4.15. The van der Waals surface area contributed by atoms with Crippen LogP contribution < -0.4 is 29.0 Å². The highest BCUT2D eigenvalue weighted by molar-refractivity contribution is 7.91. The number of nitrogens with zero attached hydrogens (tertiary/aromatic N) is 3. The maximum absolute atomic E-state index is 15.6. The van der Waals surface area contributed by atoms with E-state index in [9.17, 15) is 27.9 Å². The van der Waals surface area contributed by atoms with Crippen LogP contribution >= 0.6 is 0 Å². The van der Waals surface area contributed by atoms with Crippen LogP contribution in [-0.4, -0.2) is 119 Å². The summed E-state index contributed by atoms with van der Waals surface area (Å²) in [5.74, 6) is -6.01. The van der Waals surface area contributed by atoms with Gasteiger partial charge in [0.15, 0.2) is 11.5 Å².